The molecular weight excluding hydrogens is 370 g/mol. The minimum Gasteiger partial charge on any atom is -0.591 e. The molecule has 0 saturated carbocycles. The van der Waals surface area contributed by atoms with Crippen molar-refractivity contribution >= 4 is 60.7 Å². The highest BCUT2D eigenvalue weighted by atomic mass is 35.5. The fourth-order valence-electron chi connectivity index (χ4n) is 2.40. The average molecular weight is 388 g/mol. The Kier molecular flexibility index (Phi) is 5.13. The maximum Gasteiger partial charge on any atom is 0.144 e. The molecule has 1 aromatic heterocycles. The second-order valence-electron chi connectivity index (χ2n) is 6.65. The van der Waals surface area contributed by atoms with Gasteiger partial charge in [0.2, 0.25) is 0 Å². The molecule has 2 aromatic carbocycles. The minimum absolute atomic E-state index is 0.393. The molecule has 0 radical (unpaired) electrons. The van der Waals surface area contributed by atoms with E-state index in [9.17, 15) is 4.55 Å². The molecule has 0 aliphatic rings. The summed E-state index contributed by atoms with van der Waals surface area (Å²) in [5, 5.41) is 2.89. The number of rotatable bonds is 2. The Labute approximate surface area is 160 Å². The van der Waals surface area contributed by atoms with Crippen LogP contribution in [0.4, 0.5) is 0 Å². The molecule has 0 saturated heterocycles. The van der Waals surface area contributed by atoms with Crippen molar-refractivity contribution in [3.05, 3.63) is 46.5 Å². The molecule has 1 atom stereocenters. The predicted molar refractivity (Wildman–Crippen MR) is 112 cm³/mol. The van der Waals surface area contributed by atoms with Gasteiger partial charge >= 0.3 is 0 Å². The van der Waals surface area contributed by atoms with Crippen molar-refractivity contribution in [2.45, 2.75) is 32.4 Å². The van der Waals surface area contributed by atoms with Crippen molar-refractivity contribution in [3.63, 3.8) is 0 Å². The highest BCUT2D eigenvalue weighted by Crippen LogP contribution is 2.37. The van der Waals surface area contributed by atoms with Gasteiger partial charge in [-0.1, -0.05) is 21.9 Å². The molecule has 2 nitrogen and oxygen atoms in total. The van der Waals surface area contributed by atoms with Crippen LogP contribution in [0.2, 0.25) is 5.02 Å². The van der Waals surface area contributed by atoms with Crippen molar-refractivity contribution in [1.29, 1.82) is 0 Å². The van der Waals surface area contributed by atoms with Gasteiger partial charge in [0.15, 0.2) is 0 Å². The van der Waals surface area contributed by atoms with E-state index >= 15 is 0 Å². The van der Waals surface area contributed by atoms with Crippen molar-refractivity contribution in [2.24, 2.45) is 4.40 Å². The highest BCUT2D eigenvalue weighted by Gasteiger charge is 2.26. The lowest BCUT2D eigenvalue weighted by Gasteiger charge is -2.17. The van der Waals surface area contributed by atoms with E-state index in [1.807, 2.05) is 45.9 Å². The number of benzene rings is 2. The standard InChI is InChI=1S/C20H18ClNOS2/c1-5-6-13-7-8-18-15(9-13)16-10-14(17(21)11-19(16)24-18)12-22-25(23)20(2,3)4/h7-12H,1-4H3/b22-12+. The second-order valence-corrected chi connectivity index (χ2v) is 10.1. The van der Waals surface area contributed by atoms with Crippen LogP contribution in [0.3, 0.4) is 0 Å². The Bertz CT molecular complexity index is 1030. The van der Waals surface area contributed by atoms with Crippen molar-refractivity contribution in [1.82, 2.24) is 0 Å². The lowest BCUT2D eigenvalue weighted by Crippen LogP contribution is -2.25. The highest BCUT2D eigenvalue weighted by molar-refractivity contribution is 7.91. The first-order valence-corrected chi connectivity index (χ1v) is 10.1. The predicted octanol–water partition coefficient (Wildman–Crippen LogP) is 5.96. The number of thiophene rings is 1. The zero-order valence-corrected chi connectivity index (χ0v) is 16.9. The monoisotopic (exact) mass is 387 g/mol. The van der Waals surface area contributed by atoms with Gasteiger partial charge in [0.05, 0.1) is 11.2 Å². The third-order valence-corrected chi connectivity index (χ3v) is 6.47. The summed E-state index contributed by atoms with van der Waals surface area (Å²) in [4.78, 5) is 0. The summed E-state index contributed by atoms with van der Waals surface area (Å²) in [7, 11) is 0. The summed E-state index contributed by atoms with van der Waals surface area (Å²) < 4.78 is 18.3. The van der Waals surface area contributed by atoms with E-state index in [-0.39, 0.29) is 0 Å². The zero-order chi connectivity index (χ0) is 18.2. The van der Waals surface area contributed by atoms with Crippen LogP contribution in [-0.4, -0.2) is 15.5 Å². The Morgan fingerprint density at radius 1 is 1.16 bits per heavy atom. The maximum absolute atomic E-state index is 12.1. The summed E-state index contributed by atoms with van der Waals surface area (Å²) in [6.07, 6.45) is 1.61. The number of hydrogen-bond acceptors (Lipinski definition) is 3. The Morgan fingerprint density at radius 3 is 2.56 bits per heavy atom. The topological polar surface area (TPSA) is 35.4 Å². The number of hydrogen-bond donors (Lipinski definition) is 0. The summed E-state index contributed by atoms with van der Waals surface area (Å²) in [6.45, 7) is 7.52. The fraction of sp³-hybridized carbons (Fsp3) is 0.250. The van der Waals surface area contributed by atoms with E-state index in [0.29, 0.717) is 5.02 Å². The van der Waals surface area contributed by atoms with Crippen LogP contribution in [0.5, 0.6) is 0 Å². The smallest absolute Gasteiger partial charge is 0.144 e. The van der Waals surface area contributed by atoms with E-state index in [1.54, 1.807) is 17.6 Å². The molecule has 0 aliphatic carbocycles. The average Bonchev–Trinajstić information content (AvgIpc) is 2.88. The Morgan fingerprint density at radius 2 is 1.88 bits per heavy atom. The zero-order valence-electron chi connectivity index (χ0n) is 14.5. The minimum atomic E-state index is -1.31. The largest absolute Gasteiger partial charge is 0.591 e. The first-order valence-electron chi connectivity index (χ1n) is 7.84. The molecule has 5 heteroatoms. The fourth-order valence-corrected chi connectivity index (χ4v) is 4.31. The molecule has 3 aromatic rings. The molecule has 0 N–H and O–H groups in total. The van der Waals surface area contributed by atoms with Gasteiger partial charge in [-0.2, -0.15) is 0 Å². The van der Waals surface area contributed by atoms with E-state index in [4.69, 9.17) is 11.6 Å². The van der Waals surface area contributed by atoms with Crippen LogP contribution in [-0.2, 0) is 11.4 Å². The first kappa shape index (κ1) is 18.3. The summed E-state index contributed by atoms with van der Waals surface area (Å²) in [5.41, 5.74) is 1.77. The van der Waals surface area contributed by atoms with Crippen LogP contribution in [0.1, 0.15) is 38.8 Å². The quantitative estimate of drug-likeness (QED) is 0.303. The van der Waals surface area contributed by atoms with Gasteiger partial charge in [-0.3, -0.25) is 0 Å². The van der Waals surface area contributed by atoms with Gasteiger partial charge in [0.1, 0.15) is 16.1 Å². The molecule has 0 amide bonds. The molecule has 0 aliphatic heterocycles. The van der Waals surface area contributed by atoms with Crippen molar-refractivity contribution in [3.8, 4) is 11.8 Å². The maximum atomic E-state index is 12.1. The van der Waals surface area contributed by atoms with E-state index in [0.717, 1.165) is 26.6 Å². The van der Waals surface area contributed by atoms with Crippen molar-refractivity contribution in [2.75, 3.05) is 0 Å². The first-order chi connectivity index (χ1) is 11.8. The van der Waals surface area contributed by atoms with E-state index in [1.165, 1.54) is 4.70 Å². The van der Waals surface area contributed by atoms with Crippen LogP contribution >= 0.6 is 22.9 Å². The molecule has 1 heterocycles. The molecule has 25 heavy (non-hydrogen) atoms. The number of halogens is 1. The molecule has 128 valence electrons. The Hall–Kier alpha value is -1.51. The normalized spacial score (nSPS) is 13.4. The van der Waals surface area contributed by atoms with Crippen molar-refractivity contribution < 1.29 is 4.55 Å². The van der Waals surface area contributed by atoms with Gasteiger partial charge in [-0.15, -0.1) is 17.3 Å². The second kappa shape index (κ2) is 7.01. The summed E-state index contributed by atoms with van der Waals surface area (Å²) in [6, 6.07) is 10.2. The Balaban J connectivity index is 2.12. The van der Waals surface area contributed by atoms with Gasteiger partial charge in [-0.25, -0.2) is 0 Å². The molecule has 1 unspecified atom stereocenters. The summed E-state index contributed by atoms with van der Waals surface area (Å²) in [5.74, 6) is 6.03. The van der Waals surface area contributed by atoms with Gasteiger partial charge in [-0.05, 0) is 58.0 Å². The van der Waals surface area contributed by atoms with Gasteiger partial charge in [0, 0.05) is 31.3 Å². The van der Waals surface area contributed by atoms with Crippen LogP contribution < -0.4 is 0 Å². The third kappa shape index (κ3) is 3.86. The third-order valence-electron chi connectivity index (χ3n) is 3.67. The lowest BCUT2D eigenvalue weighted by atomic mass is 10.1. The molecule has 0 fully saturated rings. The molecule has 0 spiro atoms. The summed E-state index contributed by atoms with van der Waals surface area (Å²) >= 11 is 6.80. The lowest BCUT2D eigenvalue weighted by molar-refractivity contribution is 0.562. The van der Waals surface area contributed by atoms with Gasteiger partial charge < -0.3 is 4.55 Å². The van der Waals surface area contributed by atoms with E-state index in [2.05, 4.69) is 28.4 Å². The molecular formula is C20H18ClNOS2. The SMILES string of the molecule is CC#Cc1ccc2sc3cc(Cl)c(/C=N/[S+]([O-])C(C)(C)C)cc3c2c1. The van der Waals surface area contributed by atoms with Crippen LogP contribution in [0, 0.1) is 11.8 Å². The molecule has 3 rings (SSSR count). The van der Waals surface area contributed by atoms with Crippen LogP contribution in [0.15, 0.2) is 34.7 Å². The number of fused-ring (bicyclic) bond motifs is 3. The van der Waals surface area contributed by atoms with E-state index < -0.39 is 16.1 Å². The van der Waals surface area contributed by atoms with Crippen LogP contribution in [0.25, 0.3) is 20.2 Å². The van der Waals surface area contributed by atoms with Gasteiger partial charge in [0.25, 0.3) is 0 Å². The number of nitrogens with zero attached hydrogens (tertiary/aromatic N) is 1. The molecule has 0 bridgehead atoms.